The lowest BCUT2D eigenvalue weighted by molar-refractivity contribution is -0.117. The zero-order valence-electron chi connectivity index (χ0n) is 14.2. The largest absolute Gasteiger partial charge is 0.454 e. The Morgan fingerprint density at radius 1 is 1.15 bits per heavy atom. The van der Waals surface area contributed by atoms with E-state index < -0.39 is 0 Å². The average Bonchev–Trinajstić information content (AvgIpc) is 3.28. The van der Waals surface area contributed by atoms with Crippen LogP contribution >= 0.6 is 12.2 Å². The summed E-state index contributed by atoms with van der Waals surface area (Å²) in [4.78, 5) is 13.7. The van der Waals surface area contributed by atoms with Gasteiger partial charge in [-0.2, -0.15) is 0 Å². The molecular formula is C19H19N3O3S. The topological polar surface area (TPSA) is 62.8 Å². The molecule has 2 aliphatic rings. The number of hydrogen-bond donors (Lipinski definition) is 2. The SMILES string of the molecule is O=C1CCCN1c1cccc(CNC(=S)Nc2ccc3c(c2)OCO3)c1. The summed E-state index contributed by atoms with van der Waals surface area (Å²) in [5.74, 6) is 1.64. The van der Waals surface area contributed by atoms with Crippen molar-refractivity contribution >= 4 is 34.6 Å². The van der Waals surface area contributed by atoms with E-state index in [0.29, 0.717) is 23.8 Å². The van der Waals surface area contributed by atoms with E-state index in [4.69, 9.17) is 21.7 Å². The van der Waals surface area contributed by atoms with Crippen LogP contribution in [0, 0.1) is 0 Å². The number of nitrogens with zero attached hydrogens (tertiary/aromatic N) is 1. The van der Waals surface area contributed by atoms with Crippen molar-refractivity contribution in [1.29, 1.82) is 0 Å². The van der Waals surface area contributed by atoms with Gasteiger partial charge in [0.2, 0.25) is 12.7 Å². The first kappa shape index (κ1) is 16.7. The number of carbonyl (C=O) groups excluding carboxylic acids is 1. The van der Waals surface area contributed by atoms with E-state index in [-0.39, 0.29) is 12.7 Å². The first-order chi connectivity index (χ1) is 12.7. The summed E-state index contributed by atoms with van der Waals surface area (Å²) in [6.45, 7) is 1.61. The van der Waals surface area contributed by atoms with Crippen LogP contribution in [0.2, 0.25) is 0 Å². The van der Waals surface area contributed by atoms with E-state index in [2.05, 4.69) is 10.6 Å². The minimum atomic E-state index is 0.190. The number of ether oxygens (including phenoxy) is 2. The van der Waals surface area contributed by atoms with Gasteiger partial charge in [-0.15, -0.1) is 0 Å². The lowest BCUT2D eigenvalue weighted by Crippen LogP contribution is -2.28. The fraction of sp³-hybridized carbons (Fsp3) is 0.263. The predicted molar refractivity (Wildman–Crippen MR) is 104 cm³/mol. The Morgan fingerprint density at radius 3 is 2.88 bits per heavy atom. The Balaban J connectivity index is 1.35. The Bertz CT molecular complexity index is 856. The minimum absolute atomic E-state index is 0.190. The van der Waals surface area contributed by atoms with Crippen molar-refractivity contribution in [3.05, 3.63) is 48.0 Å². The molecule has 1 amide bonds. The van der Waals surface area contributed by atoms with Crippen LogP contribution in [0.3, 0.4) is 0 Å². The van der Waals surface area contributed by atoms with Crippen LogP contribution in [-0.2, 0) is 11.3 Å². The van der Waals surface area contributed by atoms with Crippen molar-refractivity contribution in [2.45, 2.75) is 19.4 Å². The Hall–Kier alpha value is -2.80. The van der Waals surface area contributed by atoms with Crippen LogP contribution < -0.4 is 25.0 Å². The van der Waals surface area contributed by atoms with Crippen molar-refractivity contribution in [2.24, 2.45) is 0 Å². The van der Waals surface area contributed by atoms with Crippen LogP contribution in [0.1, 0.15) is 18.4 Å². The van der Waals surface area contributed by atoms with Gasteiger partial charge in [0.15, 0.2) is 16.6 Å². The summed E-state index contributed by atoms with van der Waals surface area (Å²) < 4.78 is 10.7. The molecule has 0 bridgehead atoms. The second-order valence-electron chi connectivity index (χ2n) is 6.19. The lowest BCUT2D eigenvalue weighted by Gasteiger charge is -2.17. The molecule has 0 aliphatic carbocycles. The van der Waals surface area contributed by atoms with Gasteiger partial charge < -0.3 is 25.0 Å². The molecule has 2 aliphatic heterocycles. The van der Waals surface area contributed by atoms with Gasteiger partial charge in [-0.3, -0.25) is 4.79 Å². The van der Waals surface area contributed by atoms with Gasteiger partial charge >= 0.3 is 0 Å². The molecule has 0 aromatic heterocycles. The number of rotatable bonds is 4. The van der Waals surface area contributed by atoms with Crippen LogP contribution in [0.4, 0.5) is 11.4 Å². The van der Waals surface area contributed by atoms with Gasteiger partial charge in [0, 0.05) is 37.0 Å². The fourth-order valence-electron chi connectivity index (χ4n) is 3.09. The smallest absolute Gasteiger partial charge is 0.231 e. The highest BCUT2D eigenvalue weighted by molar-refractivity contribution is 7.80. The lowest BCUT2D eigenvalue weighted by atomic mass is 10.2. The van der Waals surface area contributed by atoms with Gasteiger partial charge in [0.1, 0.15) is 0 Å². The molecule has 6 nitrogen and oxygen atoms in total. The van der Waals surface area contributed by atoms with E-state index in [0.717, 1.165) is 35.7 Å². The molecular weight excluding hydrogens is 350 g/mol. The van der Waals surface area contributed by atoms with Gasteiger partial charge in [-0.1, -0.05) is 12.1 Å². The number of carbonyl (C=O) groups is 1. The summed E-state index contributed by atoms with van der Waals surface area (Å²) in [6.07, 6.45) is 1.55. The number of anilines is 2. The first-order valence-corrected chi connectivity index (χ1v) is 8.94. The summed E-state index contributed by atoms with van der Waals surface area (Å²) in [5.41, 5.74) is 2.85. The third-order valence-corrected chi connectivity index (χ3v) is 4.63. The van der Waals surface area contributed by atoms with E-state index in [9.17, 15) is 4.79 Å². The molecule has 2 heterocycles. The van der Waals surface area contributed by atoms with Crippen molar-refractivity contribution in [3.63, 3.8) is 0 Å². The average molecular weight is 369 g/mol. The zero-order valence-corrected chi connectivity index (χ0v) is 15.0. The molecule has 0 atom stereocenters. The molecule has 0 saturated carbocycles. The maximum absolute atomic E-state index is 11.9. The van der Waals surface area contributed by atoms with Crippen molar-refractivity contribution in [3.8, 4) is 11.5 Å². The number of benzene rings is 2. The second-order valence-corrected chi connectivity index (χ2v) is 6.60. The molecule has 7 heteroatoms. The van der Waals surface area contributed by atoms with Crippen LogP contribution in [0.15, 0.2) is 42.5 Å². The van der Waals surface area contributed by atoms with Crippen LogP contribution in [0.25, 0.3) is 0 Å². The van der Waals surface area contributed by atoms with Crippen LogP contribution in [0.5, 0.6) is 11.5 Å². The van der Waals surface area contributed by atoms with Crippen LogP contribution in [-0.4, -0.2) is 24.4 Å². The minimum Gasteiger partial charge on any atom is -0.454 e. The van der Waals surface area contributed by atoms with Gasteiger partial charge in [0.25, 0.3) is 0 Å². The first-order valence-electron chi connectivity index (χ1n) is 8.53. The maximum Gasteiger partial charge on any atom is 0.231 e. The van der Waals surface area contributed by atoms with Crippen molar-refractivity contribution in [2.75, 3.05) is 23.6 Å². The summed E-state index contributed by atoms with van der Waals surface area (Å²) in [7, 11) is 0. The van der Waals surface area contributed by atoms with E-state index >= 15 is 0 Å². The molecule has 2 N–H and O–H groups in total. The van der Waals surface area contributed by atoms with E-state index in [1.807, 2.05) is 47.4 Å². The Labute approximate surface area is 157 Å². The molecule has 0 unspecified atom stereocenters. The zero-order chi connectivity index (χ0) is 17.9. The van der Waals surface area contributed by atoms with Gasteiger partial charge in [-0.25, -0.2) is 0 Å². The molecule has 1 fully saturated rings. The monoisotopic (exact) mass is 369 g/mol. The Kier molecular flexibility index (Phi) is 4.62. The Morgan fingerprint density at radius 2 is 2.04 bits per heavy atom. The summed E-state index contributed by atoms with van der Waals surface area (Å²) >= 11 is 5.36. The summed E-state index contributed by atoms with van der Waals surface area (Å²) in [5, 5.41) is 6.85. The van der Waals surface area contributed by atoms with Crippen molar-refractivity contribution in [1.82, 2.24) is 5.32 Å². The number of fused-ring (bicyclic) bond motifs is 1. The molecule has 26 heavy (non-hydrogen) atoms. The van der Waals surface area contributed by atoms with Gasteiger partial charge in [0.05, 0.1) is 0 Å². The molecule has 0 radical (unpaired) electrons. The molecule has 4 rings (SSSR count). The molecule has 2 aromatic rings. The fourth-order valence-corrected chi connectivity index (χ4v) is 3.28. The number of thiocarbonyl (C=S) groups is 1. The highest BCUT2D eigenvalue weighted by Gasteiger charge is 2.21. The third kappa shape index (κ3) is 3.57. The predicted octanol–water partition coefficient (Wildman–Crippen LogP) is 3.03. The highest BCUT2D eigenvalue weighted by atomic mass is 32.1. The third-order valence-electron chi connectivity index (χ3n) is 4.38. The second kappa shape index (κ2) is 7.21. The molecule has 2 aromatic carbocycles. The van der Waals surface area contributed by atoms with E-state index in [1.54, 1.807) is 0 Å². The van der Waals surface area contributed by atoms with E-state index in [1.165, 1.54) is 0 Å². The maximum atomic E-state index is 11.9. The molecule has 0 spiro atoms. The number of nitrogens with one attached hydrogen (secondary N) is 2. The molecule has 1 saturated heterocycles. The van der Waals surface area contributed by atoms with Gasteiger partial charge in [-0.05, 0) is 48.5 Å². The summed E-state index contributed by atoms with van der Waals surface area (Å²) in [6, 6.07) is 13.6. The highest BCUT2D eigenvalue weighted by Crippen LogP contribution is 2.34. The quantitative estimate of drug-likeness (QED) is 0.808. The number of amides is 1. The van der Waals surface area contributed by atoms with Crippen molar-refractivity contribution < 1.29 is 14.3 Å². The normalized spacial score (nSPS) is 15.2. The number of hydrogen-bond acceptors (Lipinski definition) is 4. The molecule has 134 valence electrons. The standard InChI is InChI=1S/C19H19N3O3S/c23-18-5-2-8-22(18)15-4-1-3-13(9-15)11-20-19(26)21-14-6-7-16-17(10-14)25-12-24-16/h1,3-4,6-7,9-10H,2,5,8,11-12H2,(H2,20,21,26).